The number of halogens is 2. The van der Waals surface area contributed by atoms with E-state index >= 15 is 0 Å². The van der Waals surface area contributed by atoms with Crippen LogP contribution in [-0.4, -0.2) is 55.7 Å². The van der Waals surface area contributed by atoms with Crippen LogP contribution >= 0.6 is 30.8 Å². The standard InChI is InChI=1S/C35H35Cl2O13P/c1-3-43-34(40)45-20-48-51(42,49-21-46-35(41)44-4-2)22-47-28-18-29(36)33(30(37)19-28)50-27-11-13-32(39)26(17-27)16-24-10-12-31(38)25(15-24)14-23-8-6-5-7-9-23/h5-13,15,17-19,38-39H,3-4,14,16,20-22H2,1-2H3. The summed E-state index contributed by atoms with van der Waals surface area (Å²) in [4.78, 5) is 23.0. The van der Waals surface area contributed by atoms with Gasteiger partial charge in [0.1, 0.15) is 23.0 Å². The molecule has 16 heteroatoms. The molecule has 4 aromatic rings. The molecule has 13 nitrogen and oxygen atoms in total. The first kappa shape index (κ1) is 39.1. The second-order valence-electron chi connectivity index (χ2n) is 10.4. The molecular formula is C35H35Cl2O13P. The summed E-state index contributed by atoms with van der Waals surface area (Å²) >= 11 is 13.0. The Labute approximate surface area is 304 Å². The van der Waals surface area contributed by atoms with E-state index in [1.54, 1.807) is 32.0 Å². The molecule has 51 heavy (non-hydrogen) atoms. The van der Waals surface area contributed by atoms with Crippen molar-refractivity contribution in [3.63, 3.8) is 0 Å². The predicted octanol–water partition coefficient (Wildman–Crippen LogP) is 9.20. The summed E-state index contributed by atoms with van der Waals surface area (Å²) in [6, 6.07) is 22.4. The molecule has 0 atom stereocenters. The van der Waals surface area contributed by atoms with Gasteiger partial charge in [-0.15, -0.1) is 0 Å². The molecular weight excluding hydrogens is 730 g/mol. The van der Waals surface area contributed by atoms with Gasteiger partial charge in [-0.2, -0.15) is 0 Å². The van der Waals surface area contributed by atoms with E-state index in [4.69, 9.17) is 41.7 Å². The van der Waals surface area contributed by atoms with Gasteiger partial charge in [-0.05, 0) is 54.8 Å². The molecule has 0 saturated carbocycles. The van der Waals surface area contributed by atoms with E-state index in [0.29, 0.717) is 24.2 Å². The molecule has 0 fully saturated rings. The van der Waals surface area contributed by atoms with Crippen LogP contribution in [0, 0.1) is 0 Å². The quantitative estimate of drug-likeness (QED) is 0.0594. The van der Waals surface area contributed by atoms with E-state index in [0.717, 1.165) is 16.7 Å². The summed E-state index contributed by atoms with van der Waals surface area (Å²) in [7, 11) is -4.24. The van der Waals surface area contributed by atoms with Gasteiger partial charge in [0.15, 0.2) is 12.1 Å². The highest BCUT2D eigenvalue weighted by Crippen LogP contribution is 2.49. The third-order valence-corrected chi connectivity index (χ3v) is 8.79. The highest BCUT2D eigenvalue weighted by atomic mass is 35.5. The molecule has 0 radical (unpaired) electrons. The van der Waals surface area contributed by atoms with Gasteiger partial charge in [0.05, 0.1) is 23.3 Å². The summed E-state index contributed by atoms with van der Waals surface area (Å²) in [5, 5.41) is 21.1. The molecule has 0 unspecified atom stereocenters. The molecule has 0 aromatic heterocycles. The Bertz CT molecular complexity index is 1790. The second-order valence-corrected chi connectivity index (χ2v) is 13.3. The van der Waals surface area contributed by atoms with E-state index in [-0.39, 0.29) is 46.3 Å². The molecule has 4 aromatic carbocycles. The van der Waals surface area contributed by atoms with Crippen LogP contribution in [0.5, 0.6) is 28.7 Å². The zero-order chi connectivity index (χ0) is 36.8. The number of carbonyl (C=O) groups is 2. The molecule has 0 aliphatic heterocycles. The molecule has 2 N–H and O–H groups in total. The molecule has 0 spiro atoms. The van der Waals surface area contributed by atoms with Crippen molar-refractivity contribution < 1.29 is 61.8 Å². The molecule has 0 bridgehead atoms. The topological polar surface area (TPSA) is 166 Å². The first-order chi connectivity index (χ1) is 24.5. The minimum absolute atomic E-state index is 0.0178. The van der Waals surface area contributed by atoms with Crippen molar-refractivity contribution in [1.82, 2.24) is 0 Å². The fraction of sp³-hybridized carbons (Fsp3) is 0.257. The van der Waals surface area contributed by atoms with Crippen molar-refractivity contribution in [2.45, 2.75) is 26.7 Å². The Hall–Kier alpha value is -4.65. The van der Waals surface area contributed by atoms with E-state index in [2.05, 4.69) is 18.9 Å². The van der Waals surface area contributed by atoms with Crippen LogP contribution in [0.1, 0.15) is 36.1 Å². The number of rotatable bonds is 17. The van der Waals surface area contributed by atoms with Crippen LogP contribution in [0.15, 0.2) is 78.9 Å². The lowest BCUT2D eigenvalue weighted by Crippen LogP contribution is -2.15. The van der Waals surface area contributed by atoms with E-state index in [1.807, 2.05) is 36.4 Å². The molecule has 0 saturated heterocycles. The van der Waals surface area contributed by atoms with E-state index in [1.165, 1.54) is 24.3 Å². The minimum atomic E-state index is -4.24. The zero-order valence-electron chi connectivity index (χ0n) is 27.5. The number of aromatic hydroxyl groups is 2. The number of hydrogen-bond donors (Lipinski definition) is 2. The Morgan fingerprint density at radius 3 is 1.80 bits per heavy atom. The highest BCUT2D eigenvalue weighted by Gasteiger charge is 2.29. The summed E-state index contributed by atoms with van der Waals surface area (Å²) in [5.74, 6) is 0.633. The van der Waals surface area contributed by atoms with Gasteiger partial charge in [-0.3, -0.25) is 13.6 Å². The summed E-state index contributed by atoms with van der Waals surface area (Å²) in [6.45, 7) is 1.54. The van der Waals surface area contributed by atoms with Crippen LogP contribution in [0.3, 0.4) is 0 Å². The lowest BCUT2D eigenvalue weighted by atomic mass is 9.98. The van der Waals surface area contributed by atoms with Crippen LogP contribution in [0.25, 0.3) is 0 Å². The van der Waals surface area contributed by atoms with Crippen molar-refractivity contribution in [3.8, 4) is 28.7 Å². The molecule has 0 aliphatic rings. The number of phenolic OH excluding ortho intramolecular Hbond substituents is 2. The minimum Gasteiger partial charge on any atom is -0.508 e. The highest BCUT2D eigenvalue weighted by molar-refractivity contribution is 7.53. The lowest BCUT2D eigenvalue weighted by Gasteiger charge is -2.19. The Morgan fingerprint density at radius 1 is 0.667 bits per heavy atom. The van der Waals surface area contributed by atoms with Crippen molar-refractivity contribution in [1.29, 1.82) is 0 Å². The SMILES string of the molecule is CCOC(=O)OCOP(=O)(COc1cc(Cl)c(Oc2ccc(O)c(Cc3ccc(O)c(Cc4ccccc4)c3)c2)c(Cl)c1)OCOC(=O)OCC. The van der Waals surface area contributed by atoms with Gasteiger partial charge >= 0.3 is 19.9 Å². The first-order valence-electron chi connectivity index (χ1n) is 15.4. The number of phenols is 2. The number of hydrogen-bond acceptors (Lipinski definition) is 13. The Balaban J connectivity index is 1.44. The Kier molecular flexibility index (Phi) is 14.7. The number of benzene rings is 4. The fourth-order valence-corrected chi connectivity index (χ4v) is 5.92. The maximum atomic E-state index is 13.3. The lowest BCUT2D eigenvalue weighted by molar-refractivity contribution is -0.0217. The monoisotopic (exact) mass is 764 g/mol. The molecule has 0 heterocycles. The maximum Gasteiger partial charge on any atom is 0.510 e. The van der Waals surface area contributed by atoms with Gasteiger partial charge in [-0.1, -0.05) is 65.7 Å². The van der Waals surface area contributed by atoms with Gasteiger partial charge in [0.2, 0.25) is 13.6 Å². The third-order valence-electron chi connectivity index (χ3n) is 6.78. The Morgan fingerprint density at radius 2 is 1.22 bits per heavy atom. The smallest absolute Gasteiger partial charge is 0.508 e. The van der Waals surface area contributed by atoms with Crippen LogP contribution in [-0.2, 0) is 45.4 Å². The van der Waals surface area contributed by atoms with Gasteiger partial charge in [-0.25, -0.2) is 9.59 Å². The van der Waals surface area contributed by atoms with Crippen molar-refractivity contribution in [3.05, 3.63) is 111 Å². The molecule has 272 valence electrons. The number of ether oxygens (including phenoxy) is 6. The van der Waals surface area contributed by atoms with Crippen LogP contribution < -0.4 is 9.47 Å². The molecule has 4 rings (SSSR count). The molecule has 0 amide bonds. The average Bonchev–Trinajstić information content (AvgIpc) is 3.09. The summed E-state index contributed by atoms with van der Waals surface area (Å²) in [5.41, 5.74) is 3.20. The predicted molar refractivity (Wildman–Crippen MR) is 186 cm³/mol. The maximum absolute atomic E-state index is 13.3. The normalized spacial score (nSPS) is 11.1. The summed E-state index contributed by atoms with van der Waals surface area (Å²) in [6.07, 6.45) is -2.02. The van der Waals surface area contributed by atoms with Gasteiger partial charge in [0.25, 0.3) is 0 Å². The van der Waals surface area contributed by atoms with Crippen molar-refractivity contribution in [2.75, 3.05) is 33.1 Å². The molecule has 0 aliphatic carbocycles. The third kappa shape index (κ3) is 12.3. The number of carbonyl (C=O) groups excluding carboxylic acids is 2. The van der Waals surface area contributed by atoms with E-state index in [9.17, 15) is 24.4 Å². The first-order valence-corrected chi connectivity index (χ1v) is 17.9. The van der Waals surface area contributed by atoms with Crippen LogP contribution in [0.2, 0.25) is 10.0 Å². The van der Waals surface area contributed by atoms with Crippen molar-refractivity contribution in [2.24, 2.45) is 0 Å². The average molecular weight is 766 g/mol. The van der Waals surface area contributed by atoms with Crippen molar-refractivity contribution >= 4 is 43.1 Å². The van der Waals surface area contributed by atoms with Gasteiger partial charge in [0, 0.05) is 30.5 Å². The zero-order valence-corrected chi connectivity index (χ0v) is 29.9. The van der Waals surface area contributed by atoms with E-state index < -0.39 is 39.8 Å². The largest absolute Gasteiger partial charge is 0.510 e. The van der Waals surface area contributed by atoms with Gasteiger partial charge < -0.3 is 38.6 Å². The fourth-order valence-electron chi connectivity index (χ4n) is 4.42. The van der Waals surface area contributed by atoms with Crippen LogP contribution in [0.4, 0.5) is 9.59 Å². The summed E-state index contributed by atoms with van der Waals surface area (Å²) < 4.78 is 53.7. The second kappa shape index (κ2) is 19.1.